The number of nitrogens with one attached hydrogen (secondary N) is 1. The fraction of sp³-hybridized carbons (Fsp3) is 0.125. The van der Waals surface area contributed by atoms with Gasteiger partial charge in [0.2, 0.25) is 0 Å². The number of aromatic amines is 1. The van der Waals surface area contributed by atoms with Crippen molar-refractivity contribution in [3.63, 3.8) is 0 Å². The van der Waals surface area contributed by atoms with Gasteiger partial charge in [-0.15, -0.1) is 12.4 Å². The Balaban J connectivity index is 0.000000720. The minimum Gasteiger partial charge on any atom is -0.357 e. The highest BCUT2D eigenvalue weighted by Crippen LogP contribution is 2.12. The Bertz CT molecular complexity index is 336. The molecule has 0 spiro atoms. The minimum absolute atomic E-state index is 0. The van der Waals surface area contributed by atoms with E-state index >= 15 is 0 Å². The second-order valence-electron chi connectivity index (χ2n) is 2.46. The second kappa shape index (κ2) is 3.56. The summed E-state index contributed by atoms with van der Waals surface area (Å²) in [4.78, 5) is 7.18. The largest absolute Gasteiger partial charge is 0.357 e. The number of halogens is 1. The van der Waals surface area contributed by atoms with E-state index in [2.05, 4.69) is 9.97 Å². The third-order valence-electron chi connectivity index (χ3n) is 1.70. The first kappa shape index (κ1) is 9.03. The molecule has 0 fully saturated rings. The summed E-state index contributed by atoms with van der Waals surface area (Å²) in [5.74, 6) is 0. The Hall–Kier alpha value is -1.06. The zero-order valence-electron chi connectivity index (χ0n) is 6.45. The van der Waals surface area contributed by atoms with Gasteiger partial charge >= 0.3 is 0 Å². The number of nitrogens with zero attached hydrogens (tertiary/aromatic N) is 1. The summed E-state index contributed by atoms with van der Waals surface area (Å²) in [6, 6.07) is 3.96. The van der Waals surface area contributed by atoms with Crippen molar-refractivity contribution in [2.45, 2.75) is 6.54 Å². The molecule has 0 aliphatic carbocycles. The van der Waals surface area contributed by atoms with E-state index in [9.17, 15) is 0 Å². The van der Waals surface area contributed by atoms with Crippen LogP contribution in [-0.2, 0) is 6.54 Å². The molecule has 0 aromatic carbocycles. The lowest BCUT2D eigenvalue weighted by Gasteiger charge is -1.85. The van der Waals surface area contributed by atoms with Gasteiger partial charge in [-0.3, -0.25) is 4.98 Å². The van der Waals surface area contributed by atoms with Crippen LogP contribution in [0.2, 0.25) is 0 Å². The summed E-state index contributed by atoms with van der Waals surface area (Å²) < 4.78 is 0. The van der Waals surface area contributed by atoms with Gasteiger partial charge in [0.25, 0.3) is 0 Å². The molecule has 0 saturated heterocycles. The summed E-state index contributed by atoms with van der Waals surface area (Å²) in [7, 11) is 0. The smallest absolute Gasteiger partial charge is 0.0487 e. The van der Waals surface area contributed by atoms with Crippen LogP contribution >= 0.6 is 12.4 Å². The molecule has 0 saturated carbocycles. The quantitative estimate of drug-likeness (QED) is 0.703. The molecule has 3 N–H and O–H groups in total. The summed E-state index contributed by atoms with van der Waals surface area (Å²) >= 11 is 0. The highest BCUT2D eigenvalue weighted by Gasteiger charge is 1.96. The van der Waals surface area contributed by atoms with Crippen molar-refractivity contribution < 1.29 is 0 Å². The lowest BCUT2D eigenvalue weighted by molar-refractivity contribution is 1.02. The molecule has 64 valence electrons. The SMILES string of the molecule is Cl.NCc1cc2cnccc2[nH]1. The number of hydrogen-bond donors (Lipinski definition) is 2. The molecule has 2 heterocycles. The highest BCUT2D eigenvalue weighted by molar-refractivity contribution is 5.85. The van der Waals surface area contributed by atoms with Crippen molar-refractivity contribution in [2.75, 3.05) is 0 Å². The van der Waals surface area contributed by atoms with E-state index < -0.39 is 0 Å². The van der Waals surface area contributed by atoms with Gasteiger partial charge in [-0.1, -0.05) is 0 Å². The van der Waals surface area contributed by atoms with Crippen molar-refractivity contribution in [3.8, 4) is 0 Å². The summed E-state index contributed by atoms with van der Waals surface area (Å²) in [5.41, 5.74) is 7.61. The summed E-state index contributed by atoms with van der Waals surface area (Å²) in [5, 5.41) is 1.12. The lowest BCUT2D eigenvalue weighted by atomic mass is 10.3. The van der Waals surface area contributed by atoms with E-state index in [4.69, 9.17) is 5.73 Å². The highest BCUT2D eigenvalue weighted by atomic mass is 35.5. The van der Waals surface area contributed by atoms with Gasteiger partial charge in [0, 0.05) is 35.5 Å². The Kier molecular flexibility index (Phi) is 2.68. The zero-order chi connectivity index (χ0) is 7.68. The van der Waals surface area contributed by atoms with E-state index in [-0.39, 0.29) is 12.4 Å². The number of pyridine rings is 1. The Morgan fingerprint density at radius 2 is 2.33 bits per heavy atom. The number of aromatic nitrogens is 2. The van der Waals surface area contributed by atoms with Gasteiger partial charge in [0.15, 0.2) is 0 Å². The molecule has 4 heteroatoms. The van der Waals surface area contributed by atoms with Crippen LogP contribution in [0, 0.1) is 0 Å². The Labute approximate surface area is 76.4 Å². The normalized spacial score (nSPS) is 9.75. The topological polar surface area (TPSA) is 54.7 Å². The Morgan fingerprint density at radius 1 is 1.50 bits per heavy atom. The summed E-state index contributed by atoms with van der Waals surface area (Å²) in [6.07, 6.45) is 3.59. The third-order valence-corrected chi connectivity index (χ3v) is 1.70. The maximum absolute atomic E-state index is 5.46. The van der Waals surface area contributed by atoms with Gasteiger partial charge in [0.05, 0.1) is 0 Å². The van der Waals surface area contributed by atoms with Crippen LogP contribution in [-0.4, -0.2) is 9.97 Å². The van der Waals surface area contributed by atoms with Gasteiger partial charge in [-0.25, -0.2) is 0 Å². The van der Waals surface area contributed by atoms with E-state index in [1.165, 1.54) is 0 Å². The van der Waals surface area contributed by atoms with Crippen molar-refractivity contribution in [2.24, 2.45) is 5.73 Å². The molecular formula is C8H10ClN3. The van der Waals surface area contributed by atoms with Crippen molar-refractivity contribution in [1.82, 2.24) is 9.97 Å². The molecule has 0 amide bonds. The molecule has 0 unspecified atom stereocenters. The maximum atomic E-state index is 5.46. The fourth-order valence-electron chi connectivity index (χ4n) is 1.14. The molecule has 0 aliphatic heterocycles. The van der Waals surface area contributed by atoms with E-state index in [0.717, 1.165) is 16.6 Å². The maximum Gasteiger partial charge on any atom is 0.0487 e. The molecule has 0 atom stereocenters. The van der Waals surface area contributed by atoms with E-state index in [0.29, 0.717) is 6.54 Å². The fourth-order valence-corrected chi connectivity index (χ4v) is 1.14. The molecular weight excluding hydrogens is 174 g/mol. The van der Waals surface area contributed by atoms with Crippen LogP contribution in [0.3, 0.4) is 0 Å². The molecule has 0 bridgehead atoms. The van der Waals surface area contributed by atoms with Gasteiger partial charge in [-0.2, -0.15) is 0 Å². The molecule has 3 nitrogen and oxygen atoms in total. The van der Waals surface area contributed by atoms with Crippen LogP contribution in [0.5, 0.6) is 0 Å². The first-order chi connectivity index (χ1) is 5.40. The minimum atomic E-state index is 0. The first-order valence-corrected chi connectivity index (χ1v) is 3.52. The third kappa shape index (κ3) is 1.42. The van der Waals surface area contributed by atoms with Crippen LogP contribution in [0.25, 0.3) is 10.9 Å². The predicted octanol–water partition coefficient (Wildman–Crippen LogP) is 1.44. The average Bonchev–Trinajstić information content (AvgIpc) is 2.46. The number of nitrogens with two attached hydrogens (primary N) is 1. The van der Waals surface area contributed by atoms with Crippen LogP contribution in [0.4, 0.5) is 0 Å². The zero-order valence-corrected chi connectivity index (χ0v) is 7.27. The average molecular weight is 184 g/mol. The Morgan fingerprint density at radius 3 is 3.00 bits per heavy atom. The second-order valence-corrected chi connectivity index (χ2v) is 2.46. The number of H-pyrrole nitrogens is 1. The number of fused-ring (bicyclic) bond motifs is 1. The van der Waals surface area contributed by atoms with Crippen LogP contribution in [0.1, 0.15) is 5.69 Å². The lowest BCUT2D eigenvalue weighted by Crippen LogP contribution is -1.94. The first-order valence-electron chi connectivity index (χ1n) is 3.52. The van der Waals surface area contributed by atoms with Crippen molar-refractivity contribution in [3.05, 3.63) is 30.2 Å². The predicted molar refractivity (Wildman–Crippen MR) is 51.2 cm³/mol. The van der Waals surface area contributed by atoms with Crippen molar-refractivity contribution in [1.29, 1.82) is 0 Å². The van der Waals surface area contributed by atoms with Gasteiger partial charge in [-0.05, 0) is 12.1 Å². The van der Waals surface area contributed by atoms with Crippen molar-refractivity contribution >= 4 is 23.3 Å². The van der Waals surface area contributed by atoms with Crippen LogP contribution < -0.4 is 5.73 Å². The molecule has 2 rings (SSSR count). The van der Waals surface area contributed by atoms with Gasteiger partial charge < -0.3 is 10.7 Å². The van der Waals surface area contributed by atoms with Gasteiger partial charge in [0.1, 0.15) is 0 Å². The monoisotopic (exact) mass is 183 g/mol. The molecule has 0 radical (unpaired) electrons. The van der Waals surface area contributed by atoms with E-state index in [1.54, 1.807) is 6.20 Å². The molecule has 12 heavy (non-hydrogen) atoms. The number of hydrogen-bond acceptors (Lipinski definition) is 2. The van der Waals surface area contributed by atoms with Crippen LogP contribution in [0.15, 0.2) is 24.5 Å². The van der Waals surface area contributed by atoms with E-state index in [1.807, 2.05) is 18.3 Å². The molecule has 2 aromatic rings. The number of rotatable bonds is 1. The standard InChI is InChI=1S/C8H9N3.ClH/c9-4-7-3-6-5-10-2-1-8(6)11-7;/h1-3,5,11H,4,9H2;1H. The molecule has 0 aliphatic rings. The summed E-state index contributed by atoms with van der Waals surface area (Å²) in [6.45, 7) is 0.550. The molecule has 2 aromatic heterocycles.